The Kier molecular flexibility index (Phi) is 5.55. The summed E-state index contributed by atoms with van der Waals surface area (Å²) in [6.07, 6.45) is 5.02. The third kappa shape index (κ3) is 4.22. The Morgan fingerprint density at radius 2 is 2.12 bits per heavy atom. The summed E-state index contributed by atoms with van der Waals surface area (Å²) < 4.78 is 13.6. The van der Waals surface area contributed by atoms with Crippen molar-refractivity contribution in [3.8, 4) is 0 Å². The average molecular weight is 356 g/mol. The van der Waals surface area contributed by atoms with E-state index in [2.05, 4.69) is 15.3 Å². The fourth-order valence-electron chi connectivity index (χ4n) is 3.19. The van der Waals surface area contributed by atoms with Gasteiger partial charge in [-0.25, -0.2) is 4.39 Å². The molecule has 1 aliphatic heterocycles. The standard InChI is InChI=1S/C19H21FN4O2/c1-13(25)24-8-4-7-18(24)17-12-21-10-15(23-17)11-22-19(26)9-14-5-2-3-6-16(14)20/h2-3,5-6,10,12,18H,4,7-9,11H2,1H3,(H,22,26). The topological polar surface area (TPSA) is 75.2 Å². The summed E-state index contributed by atoms with van der Waals surface area (Å²) in [5, 5.41) is 2.74. The van der Waals surface area contributed by atoms with Crippen LogP contribution in [-0.2, 0) is 22.6 Å². The number of nitrogens with zero attached hydrogens (tertiary/aromatic N) is 3. The molecule has 1 aromatic carbocycles. The van der Waals surface area contributed by atoms with E-state index in [9.17, 15) is 14.0 Å². The van der Waals surface area contributed by atoms with Crippen LogP contribution in [0.5, 0.6) is 0 Å². The molecule has 1 atom stereocenters. The molecule has 7 heteroatoms. The molecule has 0 saturated carbocycles. The van der Waals surface area contributed by atoms with E-state index in [1.807, 2.05) is 0 Å². The highest BCUT2D eigenvalue weighted by molar-refractivity contribution is 5.78. The maximum absolute atomic E-state index is 13.6. The molecule has 0 aliphatic carbocycles. The normalized spacial score (nSPS) is 16.5. The predicted molar refractivity (Wildman–Crippen MR) is 93.3 cm³/mol. The maximum atomic E-state index is 13.6. The molecule has 3 rings (SSSR count). The van der Waals surface area contributed by atoms with Crippen molar-refractivity contribution in [1.82, 2.24) is 20.2 Å². The first-order valence-corrected chi connectivity index (χ1v) is 8.62. The third-order valence-corrected chi connectivity index (χ3v) is 4.48. The van der Waals surface area contributed by atoms with Crippen molar-refractivity contribution in [3.63, 3.8) is 0 Å². The Balaban J connectivity index is 1.61. The van der Waals surface area contributed by atoms with Gasteiger partial charge in [-0.1, -0.05) is 18.2 Å². The number of aromatic nitrogens is 2. The molecule has 0 spiro atoms. The lowest BCUT2D eigenvalue weighted by Crippen LogP contribution is -2.29. The van der Waals surface area contributed by atoms with Crippen LogP contribution in [0, 0.1) is 5.82 Å². The van der Waals surface area contributed by atoms with Crippen LogP contribution >= 0.6 is 0 Å². The highest BCUT2D eigenvalue weighted by Gasteiger charge is 2.29. The summed E-state index contributed by atoms with van der Waals surface area (Å²) >= 11 is 0. The van der Waals surface area contributed by atoms with Gasteiger partial charge in [-0.15, -0.1) is 0 Å². The van der Waals surface area contributed by atoms with E-state index in [4.69, 9.17) is 0 Å². The predicted octanol–water partition coefficient (Wildman–Crippen LogP) is 2.16. The van der Waals surface area contributed by atoms with E-state index in [1.165, 1.54) is 6.07 Å². The zero-order valence-corrected chi connectivity index (χ0v) is 14.6. The zero-order chi connectivity index (χ0) is 18.5. The van der Waals surface area contributed by atoms with Crippen LogP contribution in [0.15, 0.2) is 36.7 Å². The fraction of sp³-hybridized carbons (Fsp3) is 0.368. The number of carbonyl (C=O) groups excluding carboxylic acids is 2. The van der Waals surface area contributed by atoms with Gasteiger partial charge in [0.05, 0.1) is 42.8 Å². The fourth-order valence-corrected chi connectivity index (χ4v) is 3.19. The monoisotopic (exact) mass is 356 g/mol. The van der Waals surface area contributed by atoms with Gasteiger partial charge in [0.15, 0.2) is 0 Å². The molecular formula is C19H21FN4O2. The van der Waals surface area contributed by atoms with E-state index in [-0.39, 0.29) is 30.8 Å². The molecular weight excluding hydrogens is 335 g/mol. The summed E-state index contributed by atoms with van der Waals surface area (Å²) in [5.74, 6) is -0.651. The molecule has 2 amide bonds. The van der Waals surface area contributed by atoms with Crippen LogP contribution in [0.25, 0.3) is 0 Å². The summed E-state index contributed by atoms with van der Waals surface area (Å²) in [6.45, 7) is 2.49. The SMILES string of the molecule is CC(=O)N1CCCC1c1cncc(CNC(=O)Cc2ccccc2F)n1. The van der Waals surface area contributed by atoms with E-state index < -0.39 is 5.82 Å². The van der Waals surface area contributed by atoms with Crippen LogP contribution in [0.3, 0.4) is 0 Å². The second-order valence-corrected chi connectivity index (χ2v) is 6.35. The molecule has 6 nitrogen and oxygen atoms in total. The molecule has 0 bridgehead atoms. The van der Waals surface area contributed by atoms with Gasteiger partial charge >= 0.3 is 0 Å². The van der Waals surface area contributed by atoms with Crippen molar-refractivity contribution in [2.24, 2.45) is 0 Å². The molecule has 1 N–H and O–H groups in total. The van der Waals surface area contributed by atoms with Crippen molar-refractivity contribution >= 4 is 11.8 Å². The Labute approximate surface area is 151 Å². The van der Waals surface area contributed by atoms with Crippen molar-refractivity contribution in [2.45, 2.75) is 38.8 Å². The van der Waals surface area contributed by atoms with Gasteiger partial charge in [-0.3, -0.25) is 19.6 Å². The van der Waals surface area contributed by atoms with Gasteiger partial charge in [-0.05, 0) is 24.5 Å². The molecule has 2 heterocycles. The maximum Gasteiger partial charge on any atom is 0.224 e. The highest BCUT2D eigenvalue weighted by Crippen LogP contribution is 2.30. The van der Waals surface area contributed by atoms with Crippen molar-refractivity contribution in [2.75, 3.05) is 6.54 Å². The minimum Gasteiger partial charge on any atom is -0.350 e. The van der Waals surface area contributed by atoms with E-state index in [0.29, 0.717) is 11.3 Å². The molecule has 1 aromatic heterocycles. The van der Waals surface area contributed by atoms with E-state index in [1.54, 1.807) is 42.4 Å². The average Bonchev–Trinajstić information content (AvgIpc) is 3.12. The first kappa shape index (κ1) is 18.0. The van der Waals surface area contributed by atoms with Gasteiger partial charge in [0.2, 0.25) is 11.8 Å². The van der Waals surface area contributed by atoms with E-state index >= 15 is 0 Å². The third-order valence-electron chi connectivity index (χ3n) is 4.48. The quantitative estimate of drug-likeness (QED) is 0.891. The molecule has 1 fully saturated rings. The summed E-state index contributed by atoms with van der Waals surface area (Å²) in [7, 11) is 0. The zero-order valence-electron chi connectivity index (χ0n) is 14.6. The number of nitrogens with one attached hydrogen (secondary N) is 1. The molecule has 1 aliphatic rings. The molecule has 1 saturated heterocycles. The summed E-state index contributed by atoms with van der Waals surface area (Å²) in [6, 6.07) is 6.15. The van der Waals surface area contributed by atoms with Gasteiger partial charge < -0.3 is 10.2 Å². The van der Waals surface area contributed by atoms with Gasteiger partial charge in [0, 0.05) is 13.5 Å². The van der Waals surface area contributed by atoms with Crippen molar-refractivity contribution in [3.05, 3.63) is 59.4 Å². The summed E-state index contributed by atoms with van der Waals surface area (Å²) in [5.41, 5.74) is 1.70. The Hall–Kier alpha value is -2.83. The number of hydrogen-bond donors (Lipinski definition) is 1. The molecule has 136 valence electrons. The van der Waals surface area contributed by atoms with Gasteiger partial charge in [0.25, 0.3) is 0 Å². The Morgan fingerprint density at radius 1 is 1.31 bits per heavy atom. The second kappa shape index (κ2) is 8.03. The Morgan fingerprint density at radius 3 is 2.88 bits per heavy atom. The summed E-state index contributed by atoms with van der Waals surface area (Å²) in [4.78, 5) is 34.3. The van der Waals surface area contributed by atoms with Crippen LogP contribution in [-0.4, -0.2) is 33.2 Å². The molecule has 26 heavy (non-hydrogen) atoms. The molecule has 2 aromatic rings. The number of likely N-dealkylation sites (tertiary alicyclic amines) is 1. The number of hydrogen-bond acceptors (Lipinski definition) is 4. The van der Waals surface area contributed by atoms with E-state index in [0.717, 1.165) is 25.1 Å². The first-order valence-electron chi connectivity index (χ1n) is 8.62. The van der Waals surface area contributed by atoms with Gasteiger partial charge in [-0.2, -0.15) is 0 Å². The molecule has 0 radical (unpaired) electrons. The van der Waals surface area contributed by atoms with Crippen LogP contribution in [0.2, 0.25) is 0 Å². The van der Waals surface area contributed by atoms with Gasteiger partial charge in [0.1, 0.15) is 5.82 Å². The minimum absolute atomic E-state index is 0.0258. The largest absolute Gasteiger partial charge is 0.350 e. The lowest BCUT2D eigenvalue weighted by atomic mass is 10.1. The minimum atomic E-state index is -0.394. The molecule has 1 unspecified atom stereocenters. The van der Waals surface area contributed by atoms with Crippen LogP contribution in [0.1, 0.15) is 42.8 Å². The number of carbonyl (C=O) groups is 2. The first-order chi connectivity index (χ1) is 12.5. The van der Waals surface area contributed by atoms with Crippen LogP contribution in [0.4, 0.5) is 4.39 Å². The van der Waals surface area contributed by atoms with Crippen molar-refractivity contribution < 1.29 is 14.0 Å². The van der Waals surface area contributed by atoms with Crippen molar-refractivity contribution in [1.29, 1.82) is 0 Å². The Bertz CT molecular complexity index is 812. The number of amides is 2. The van der Waals surface area contributed by atoms with Crippen LogP contribution < -0.4 is 5.32 Å². The number of benzene rings is 1. The number of rotatable bonds is 5. The second-order valence-electron chi connectivity index (χ2n) is 6.35. The number of halogens is 1. The highest BCUT2D eigenvalue weighted by atomic mass is 19.1. The smallest absolute Gasteiger partial charge is 0.224 e. The lowest BCUT2D eigenvalue weighted by molar-refractivity contribution is -0.129. The lowest BCUT2D eigenvalue weighted by Gasteiger charge is -2.22.